The Kier molecular flexibility index (Phi) is 5.14. The number of benzene rings is 2. The number of hydrogen-bond donors (Lipinski definition) is 2. The van der Waals surface area contributed by atoms with Crippen molar-refractivity contribution in [2.45, 2.75) is 12.5 Å². The van der Waals surface area contributed by atoms with E-state index in [-0.39, 0.29) is 17.6 Å². The largest absolute Gasteiger partial charge is 0.496 e. The number of ether oxygens (including phenoxy) is 2. The summed E-state index contributed by atoms with van der Waals surface area (Å²) >= 11 is 0. The van der Waals surface area contributed by atoms with E-state index in [0.29, 0.717) is 6.42 Å². The van der Waals surface area contributed by atoms with Crippen molar-refractivity contribution in [1.82, 2.24) is 5.43 Å². The number of para-hydroxylation sites is 1. The molecule has 0 radical (unpaired) electrons. The molecule has 0 amide bonds. The fraction of sp³-hybridized carbons (Fsp3) is 0.250. The monoisotopic (exact) mass is 290 g/mol. The Balaban J connectivity index is 2.25. The maximum atomic E-state index is 13.8. The second kappa shape index (κ2) is 7.06. The lowest BCUT2D eigenvalue weighted by Gasteiger charge is -2.19. The highest BCUT2D eigenvalue weighted by molar-refractivity contribution is 5.37. The van der Waals surface area contributed by atoms with E-state index in [4.69, 9.17) is 15.3 Å². The van der Waals surface area contributed by atoms with Gasteiger partial charge in [-0.05, 0) is 30.2 Å². The summed E-state index contributed by atoms with van der Waals surface area (Å²) in [7, 11) is 3.05. The zero-order valence-electron chi connectivity index (χ0n) is 12.1. The lowest BCUT2D eigenvalue weighted by atomic mass is 9.98. The van der Waals surface area contributed by atoms with Crippen LogP contribution >= 0.6 is 0 Å². The molecule has 4 nitrogen and oxygen atoms in total. The van der Waals surface area contributed by atoms with E-state index in [1.807, 2.05) is 30.3 Å². The fourth-order valence-electron chi connectivity index (χ4n) is 2.29. The lowest BCUT2D eigenvalue weighted by molar-refractivity contribution is 0.385. The first kappa shape index (κ1) is 15.3. The van der Waals surface area contributed by atoms with Gasteiger partial charge in [0.05, 0.1) is 20.3 Å². The van der Waals surface area contributed by atoms with Gasteiger partial charge < -0.3 is 9.47 Å². The van der Waals surface area contributed by atoms with Crippen LogP contribution in [0.25, 0.3) is 0 Å². The molecule has 21 heavy (non-hydrogen) atoms. The fourth-order valence-corrected chi connectivity index (χ4v) is 2.29. The first-order chi connectivity index (χ1) is 10.2. The second-order valence-electron chi connectivity index (χ2n) is 4.63. The molecular formula is C16H19FN2O2. The Labute approximate surface area is 123 Å². The summed E-state index contributed by atoms with van der Waals surface area (Å²) in [5, 5.41) is 0. The van der Waals surface area contributed by atoms with Crippen molar-refractivity contribution in [3.63, 3.8) is 0 Å². The molecule has 5 heteroatoms. The summed E-state index contributed by atoms with van der Waals surface area (Å²) < 4.78 is 24.0. The molecule has 0 aromatic heterocycles. The summed E-state index contributed by atoms with van der Waals surface area (Å²) in [6.45, 7) is 0. The van der Waals surface area contributed by atoms with E-state index < -0.39 is 0 Å². The highest BCUT2D eigenvalue weighted by atomic mass is 19.1. The molecule has 0 heterocycles. The van der Waals surface area contributed by atoms with Gasteiger partial charge >= 0.3 is 0 Å². The molecule has 1 atom stereocenters. The van der Waals surface area contributed by atoms with Crippen molar-refractivity contribution in [3.8, 4) is 11.5 Å². The highest BCUT2D eigenvalue weighted by Gasteiger charge is 2.16. The van der Waals surface area contributed by atoms with E-state index in [1.165, 1.54) is 13.2 Å². The first-order valence-corrected chi connectivity index (χ1v) is 6.61. The van der Waals surface area contributed by atoms with Crippen LogP contribution in [0.3, 0.4) is 0 Å². The zero-order valence-corrected chi connectivity index (χ0v) is 12.1. The molecule has 2 aromatic carbocycles. The topological polar surface area (TPSA) is 56.5 Å². The van der Waals surface area contributed by atoms with E-state index in [9.17, 15) is 4.39 Å². The van der Waals surface area contributed by atoms with Gasteiger partial charge in [-0.15, -0.1) is 0 Å². The average molecular weight is 290 g/mol. The van der Waals surface area contributed by atoms with Crippen LogP contribution in [0, 0.1) is 5.82 Å². The van der Waals surface area contributed by atoms with Crippen LogP contribution in [0.5, 0.6) is 11.5 Å². The molecule has 0 bridgehead atoms. The summed E-state index contributed by atoms with van der Waals surface area (Å²) in [5.41, 5.74) is 4.51. The van der Waals surface area contributed by atoms with Gasteiger partial charge in [-0.3, -0.25) is 11.3 Å². The van der Waals surface area contributed by atoms with E-state index in [2.05, 4.69) is 5.43 Å². The van der Waals surface area contributed by atoms with Gasteiger partial charge in [0, 0.05) is 5.56 Å². The molecule has 3 N–H and O–H groups in total. The number of nitrogens with two attached hydrogens (primary N) is 1. The molecule has 2 rings (SSSR count). The van der Waals surface area contributed by atoms with E-state index in [0.717, 1.165) is 16.9 Å². The van der Waals surface area contributed by atoms with Gasteiger partial charge in [0.25, 0.3) is 0 Å². The van der Waals surface area contributed by atoms with Gasteiger partial charge in [-0.1, -0.05) is 24.3 Å². The van der Waals surface area contributed by atoms with Crippen molar-refractivity contribution in [3.05, 3.63) is 59.4 Å². The Hall–Kier alpha value is -2.11. The van der Waals surface area contributed by atoms with E-state index >= 15 is 0 Å². The molecule has 2 aromatic rings. The van der Waals surface area contributed by atoms with Crippen LogP contribution in [0.15, 0.2) is 42.5 Å². The Morgan fingerprint density at radius 2 is 1.81 bits per heavy atom. The summed E-state index contributed by atoms with van der Waals surface area (Å²) in [6, 6.07) is 12.3. The minimum atomic E-state index is -0.384. The van der Waals surface area contributed by atoms with Gasteiger partial charge in [0.1, 0.15) is 5.75 Å². The quantitative estimate of drug-likeness (QED) is 0.634. The predicted octanol–water partition coefficient (Wildman–Crippen LogP) is 2.59. The third-order valence-corrected chi connectivity index (χ3v) is 3.37. The second-order valence-corrected chi connectivity index (χ2v) is 4.63. The lowest BCUT2D eigenvalue weighted by Crippen LogP contribution is -2.29. The number of halogens is 1. The third kappa shape index (κ3) is 3.51. The molecule has 0 saturated heterocycles. The van der Waals surface area contributed by atoms with Crippen molar-refractivity contribution in [2.75, 3.05) is 14.2 Å². The minimum Gasteiger partial charge on any atom is -0.496 e. The van der Waals surface area contributed by atoms with Crippen LogP contribution in [0.4, 0.5) is 4.39 Å². The number of methoxy groups -OCH3 is 2. The number of rotatable bonds is 6. The number of hydrazine groups is 1. The van der Waals surface area contributed by atoms with Crippen LogP contribution < -0.4 is 20.7 Å². The van der Waals surface area contributed by atoms with Gasteiger partial charge in [-0.25, -0.2) is 4.39 Å². The molecule has 0 spiro atoms. The Bertz CT molecular complexity index is 605. The normalized spacial score (nSPS) is 12.0. The molecule has 0 aliphatic heterocycles. The van der Waals surface area contributed by atoms with Crippen molar-refractivity contribution in [1.29, 1.82) is 0 Å². The maximum Gasteiger partial charge on any atom is 0.165 e. The molecule has 0 fully saturated rings. The van der Waals surface area contributed by atoms with Crippen LogP contribution in [0.2, 0.25) is 0 Å². The van der Waals surface area contributed by atoms with Gasteiger partial charge in [-0.2, -0.15) is 0 Å². The minimum absolute atomic E-state index is 0.172. The molecule has 0 aliphatic rings. The standard InChI is InChI=1S/C16H19FN2O2/c1-20-15-6-4-3-5-12(15)14(19-18)10-11-7-8-16(21-2)13(17)9-11/h3-9,14,19H,10,18H2,1-2H3. The van der Waals surface area contributed by atoms with Crippen molar-refractivity contribution in [2.24, 2.45) is 5.84 Å². The van der Waals surface area contributed by atoms with Gasteiger partial charge in [0.15, 0.2) is 11.6 Å². The molecule has 1 unspecified atom stereocenters. The maximum absolute atomic E-state index is 13.8. The van der Waals surface area contributed by atoms with Crippen molar-refractivity contribution >= 4 is 0 Å². The van der Waals surface area contributed by atoms with Gasteiger partial charge in [0.2, 0.25) is 0 Å². The highest BCUT2D eigenvalue weighted by Crippen LogP contribution is 2.28. The predicted molar refractivity (Wildman–Crippen MR) is 79.7 cm³/mol. The van der Waals surface area contributed by atoms with Crippen LogP contribution in [0.1, 0.15) is 17.2 Å². The summed E-state index contributed by atoms with van der Waals surface area (Å²) in [6.07, 6.45) is 0.539. The smallest absolute Gasteiger partial charge is 0.165 e. The Morgan fingerprint density at radius 3 is 2.43 bits per heavy atom. The molecule has 0 aliphatic carbocycles. The van der Waals surface area contributed by atoms with Crippen molar-refractivity contribution < 1.29 is 13.9 Å². The van der Waals surface area contributed by atoms with Crippen LogP contribution in [-0.2, 0) is 6.42 Å². The first-order valence-electron chi connectivity index (χ1n) is 6.61. The summed E-state index contributed by atoms with van der Waals surface area (Å²) in [4.78, 5) is 0. The summed E-state index contributed by atoms with van der Waals surface area (Å²) in [5.74, 6) is 6.24. The number of hydrogen-bond acceptors (Lipinski definition) is 4. The molecular weight excluding hydrogens is 271 g/mol. The third-order valence-electron chi connectivity index (χ3n) is 3.37. The Morgan fingerprint density at radius 1 is 1.10 bits per heavy atom. The average Bonchev–Trinajstić information content (AvgIpc) is 2.52. The zero-order chi connectivity index (χ0) is 15.2. The van der Waals surface area contributed by atoms with Crippen LogP contribution in [-0.4, -0.2) is 14.2 Å². The SMILES string of the molecule is COc1ccc(CC(NN)c2ccccc2OC)cc1F. The molecule has 112 valence electrons. The number of nitrogens with one attached hydrogen (secondary N) is 1. The van der Waals surface area contributed by atoms with E-state index in [1.54, 1.807) is 13.2 Å². The molecule has 0 saturated carbocycles.